The molecule has 21 heavy (non-hydrogen) atoms. The molecule has 0 aliphatic heterocycles. The van der Waals surface area contributed by atoms with Crippen molar-refractivity contribution >= 4 is 6.08 Å². The molecule has 0 bridgehead atoms. The largest absolute Gasteiger partial charge is 0.484 e. The monoisotopic (exact) mass is 284 g/mol. The van der Waals surface area contributed by atoms with Crippen molar-refractivity contribution in [3.63, 3.8) is 0 Å². The number of rotatable bonds is 7. The molecule has 0 N–H and O–H groups in total. The average molecular weight is 284 g/mol. The van der Waals surface area contributed by atoms with Crippen molar-refractivity contribution in [2.24, 2.45) is 0 Å². The van der Waals surface area contributed by atoms with Crippen molar-refractivity contribution in [2.45, 2.75) is 13.5 Å². The molecular formula is C18H20O3. The molecule has 0 atom stereocenters. The van der Waals surface area contributed by atoms with E-state index in [-0.39, 0.29) is 6.79 Å². The molecule has 2 aromatic carbocycles. The predicted molar refractivity (Wildman–Crippen MR) is 84.5 cm³/mol. The van der Waals surface area contributed by atoms with E-state index in [9.17, 15) is 0 Å². The summed E-state index contributed by atoms with van der Waals surface area (Å²) in [7, 11) is 1.59. The van der Waals surface area contributed by atoms with Gasteiger partial charge >= 0.3 is 0 Å². The highest BCUT2D eigenvalue weighted by Gasteiger charge is 2.11. The number of benzene rings is 2. The smallest absolute Gasteiger partial charge is 0.188 e. The van der Waals surface area contributed by atoms with Crippen LogP contribution in [-0.4, -0.2) is 13.9 Å². The fourth-order valence-corrected chi connectivity index (χ4v) is 2.03. The van der Waals surface area contributed by atoms with Crippen LogP contribution in [0.25, 0.3) is 6.08 Å². The van der Waals surface area contributed by atoms with Gasteiger partial charge in [0.1, 0.15) is 6.61 Å². The Hall–Kier alpha value is -2.26. The zero-order chi connectivity index (χ0) is 15.1. The van der Waals surface area contributed by atoms with Crippen molar-refractivity contribution in [2.75, 3.05) is 13.9 Å². The van der Waals surface area contributed by atoms with Gasteiger partial charge in [-0.15, -0.1) is 0 Å². The Morgan fingerprint density at radius 2 is 1.86 bits per heavy atom. The topological polar surface area (TPSA) is 27.7 Å². The Morgan fingerprint density at radius 3 is 2.52 bits per heavy atom. The highest BCUT2D eigenvalue weighted by atomic mass is 16.7. The van der Waals surface area contributed by atoms with Gasteiger partial charge in [-0.25, -0.2) is 0 Å². The Labute approximate surface area is 125 Å². The van der Waals surface area contributed by atoms with Crippen LogP contribution in [0.15, 0.2) is 49.0 Å². The van der Waals surface area contributed by atoms with Crippen LogP contribution < -0.4 is 9.47 Å². The highest BCUT2D eigenvalue weighted by molar-refractivity contribution is 5.62. The molecule has 3 nitrogen and oxygen atoms in total. The molecule has 2 aromatic rings. The average Bonchev–Trinajstić information content (AvgIpc) is 2.52. The summed E-state index contributed by atoms with van der Waals surface area (Å²) < 4.78 is 16.5. The third-order valence-electron chi connectivity index (χ3n) is 3.01. The minimum atomic E-state index is 0.182. The van der Waals surface area contributed by atoms with Crippen LogP contribution in [0.5, 0.6) is 11.5 Å². The van der Waals surface area contributed by atoms with Gasteiger partial charge in [-0.1, -0.05) is 43.0 Å². The van der Waals surface area contributed by atoms with Gasteiger partial charge in [-0.3, -0.25) is 0 Å². The fraction of sp³-hybridized carbons (Fsp3) is 0.222. The minimum absolute atomic E-state index is 0.182. The first-order valence-electron chi connectivity index (χ1n) is 6.80. The molecule has 0 fully saturated rings. The Balaban J connectivity index is 2.24. The SMILES string of the molecule is C=Cc1cc(C)cc(OCOC)c1OCc1ccccc1. The second-order valence-electron chi connectivity index (χ2n) is 4.71. The summed E-state index contributed by atoms with van der Waals surface area (Å²) >= 11 is 0. The molecule has 0 heterocycles. The number of hydrogen-bond acceptors (Lipinski definition) is 3. The summed E-state index contributed by atoms with van der Waals surface area (Å²) in [6.45, 7) is 6.51. The number of hydrogen-bond donors (Lipinski definition) is 0. The van der Waals surface area contributed by atoms with E-state index in [2.05, 4.69) is 6.58 Å². The lowest BCUT2D eigenvalue weighted by Crippen LogP contribution is -2.04. The number of aryl methyl sites for hydroxylation is 1. The molecular weight excluding hydrogens is 264 g/mol. The Kier molecular flexibility index (Phi) is 5.41. The van der Waals surface area contributed by atoms with Crippen LogP contribution in [0, 0.1) is 6.92 Å². The van der Waals surface area contributed by atoms with Crippen molar-refractivity contribution in [3.8, 4) is 11.5 Å². The van der Waals surface area contributed by atoms with E-state index in [1.807, 2.05) is 49.4 Å². The summed E-state index contributed by atoms with van der Waals surface area (Å²) in [6.07, 6.45) is 1.77. The molecule has 0 radical (unpaired) electrons. The molecule has 0 spiro atoms. The zero-order valence-electron chi connectivity index (χ0n) is 12.5. The van der Waals surface area contributed by atoms with E-state index in [1.165, 1.54) is 0 Å². The van der Waals surface area contributed by atoms with Crippen LogP contribution in [0.3, 0.4) is 0 Å². The first-order valence-corrected chi connectivity index (χ1v) is 6.80. The standard InChI is InChI=1S/C18H20O3/c1-4-16-10-14(2)11-17(21-13-19-3)18(16)20-12-15-8-6-5-7-9-15/h4-11H,1,12-13H2,2-3H3. The van der Waals surface area contributed by atoms with E-state index < -0.39 is 0 Å². The summed E-state index contributed by atoms with van der Waals surface area (Å²) in [6, 6.07) is 14.0. The first-order chi connectivity index (χ1) is 10.2. The second-order valence-corrected chi connectivity index (χ2v) is 4.71. The van der Waals surface area contributed by atoms with E-state index >= 15 is 0 Å². The zero-order valence-corrected chi connectivity index (χ0v) is 12.5. The number of methoxy groups -OCH3 is 1. The summed E-state index contributed by atoms with van der Waals surface area (Å²) in [5.41, 5.74) is 3.10. The maximum Gasteiger partial charge on any atom is 0.188 e. The molecule has 2 rings (SSSR count). The van der Waals surface area contributed by atoms with Crippen molar-refractivity contribution in [3.05, 3.63) is 65.7 Å². The maximum absolute atomic E-state index is 5.95. The third kappa shape index (κ3) is 4.10. The van der Waals surface area contributed by atoms with Gasteiger partial charge in [0.25, 0.3) is 0 Å². The molecule has 3 heteroatoms. The Bertz CT molecular complexity index is 591. The highest BCUT2D eigenvalue weighted by Crippen LogP contribution is 2.34. The second kappa shape index (κ2) is 7.50. The van der Waals surface area contributed by atoms with Crippen LogP contribution >= 0.6 is 0 Å². The van der Waals surface area contributed by atoms with Crippen molar-refractivity contribution in [1.29, 1.82) is 0 Å². The quantitative estimate of drug-likeness (QED) is 0.713. The molecule has 0 aromatic heterocycles. The predicted octanol–water partition coefficient (Wildman–Crippen LogP) is 4.20. The molecule has 0 aliphatic rings. The van der Waals surface area contributed by atoms with Crippen LogP contribution in [-0.2, 0) is 11.3 Å². The Morgan fingerprint density at radius 1 is 1.10 bits per heavy atom. The molecule has 0 aliphatic carbocycles. The normalized spacial score (nSPS) is 10.2. The summed E-state index contributed by atoms with van der Waals surface area (Å²) in [5, 5.41) is 0. The van der Waals surface area contributed by atoms with E-state index in [0.717, 1.165) is 16.7 Å². The molecule has 0 amide bonds. The lowest BCUT2D eigenvalue weighted by Gasteiger charge is -2.16. The van der Waals surface area contributed by atoms with E-state index in [0.29, 0.717) is 18.1 Å². The van der Waals surface area contributed by atoms with Crippen molar-refractivity contribution < 1.29 is 14.2 Å². The first kappa shape index (κ1) is 15.1. The summed E-state index contributed by atoms with van der Waals surface area (Å²) in [5.74, 6) is 1.36. The molecule has 0 saturated carbocycles. The summed E-state index contributed by atoms with van der Waals surface area (Å²) in [4.78, 5) is 0. The van der Waals surface area contributed by atoms with Gasteiger partial charge in [0.05, 0.1) is 0 Å². The fourth-order valence-electron chi connectivity index (χ4n) is 2.03. The lowest BCUT2D eigenvalue weighted by atomic mass is 10.1. The van der Waals surface area contributed by atoms with Gasteiger partial charge in [-0.2, -0.15) is 0 Å². The van der Waals surface area contributed by atoms with E-state index in [1.54, 1.807) is 13.2 Å². The third-order valence-corrected chi connectivity index (χ3v) is 3.01. The van der Waals surface area contributed by atoms with Gasteiger partial charge in [0.15, 0.2) is 18.3 Å². The van der Waals surface area contributed by atoms with Crippen LogP contribution in [0.1, 0.15) is 16.7 Å². The van der Waals surface area contributed by atoms with Gasteiger partial charge in [0, 0.05) is 12.7 Å². The maximum atomic E-state index is 5.95. The van der Waals surface area contributed by atoms with Crippen molar-refractivity contribution in [1.82, 2.24) is 0 Å². The minimum Gasteiger partial charge on any atom is -0.484 e. The number of ether oxygens (including phenoxy) is 3. The van der Waals surface area contributed by atoms with Gasteiger partial charge in [-0.05, 0) is 30.2 Å². The molecule has 110 valence electrons. The van der Waals surface area contributed by atoms with E-state index in [4.69, 9.17) is 14.2 Å². The van der Waals surface area contributed by atoms with Gasteiger partial charge in [0.2, 0.25) is 0 Å². The lowest BCUT2D eigenvalue weighted by molar-refractivity contribution is 0.0483. The molecule has 0 saturated heterocycles. The van der Waals surface area contributed by atoms with Crippen LogP contribution in [0.2, 0.25) is 0 Å². The van der Waals surface area contributed by atoms with Crippen LogP contribution in [0.4, 0.5) is 0 Å². The molecule has 0 unspecified atom stereocenters. The van der Waals surface area contributed by atoms with Gasteiger partial charge < -0.3 is 14.2 Å².